The molecule has 2 N–H and O–H groups in total. The first-order valence-corrected chi connectivity index (χ1v) is 17.0. The van der Waals surface area contributed by atoms with Crippen LogP contribution in [0.15, 0.2) is 107 Å². The van der Waals surface area contributed by atoms with Gasteiger partial charge in [-0.05, 0) is 71.2 Å². The molecule has 46 heavy (non-hydrogen) atoms. The van der Waals surface area contributed by atoms with Gasteiger partial charge in [-0.15, -0.1) is 0 Å². The van der Waals surface area contributed by atoms with Crippen LogP contribution in [-0.4, -0.2) is 10.2 Å². The number of phenols is 2. The fraction of sp³-hybridized carbons (Fsp3) is 0.400. The van der Waals surface area contributed by atoms with Gasteiger partial charge in [-0.1, -0.05) is 164 Å². The first kappa shape index (κ1) is 40.9. The zero-order chi connectivity index (χ0) is 33.3. The fourth-order valence-electron chi connectivity index (χ4n) is 4.91. The molecule has 252 valence electrons. The summed E-state index contributed by atoms with van der Waals surface area (Å²) in [6.07, 6.45) is 9.42. The van der Waals surface area contributed by atoms with E-state index in [1.54, 1.807) is 60.7 Å². The van der Waals surface area contributed by atoms with Gasteiger partial charge in [-0.25, -0.2) is 0 Å². The van der Waals surface area contributed by atoms with Crippen molar-refractivity contribution in [2.75, 3.05) is 0 Å². The maximum atomic E-state index is 12.6. The summed E-state index contributed by atoms with van der Waals surface area (Å²) < 4.78 is 0. The number of hydrogen-bond acceptors (Lipinski definition) is 5. The van der Waals surface area contributed by atoms with Crippen molar-refractivity contribution >= 4 is 11.8 Å². The number of hydrogen-bond donors (Lipinski definition) is 2. The number of aromatic hydroxyl groups is 2. The molecule has 0 aliphatic rings. The zero-order valence-electron chi connectivity index (χ0n) is 28.3. The summed E-state index contributed by atoms with van der Waals surface area (Å²) in [7, 11) is 0. The largest absolute Gasteiger partial charge is 2.00 e. The van der Waals surface area contributed by atoms with Gasteiger partial charge < -0.3 is 20.4 Å². The molecule has 0 fully saturated rings. The average Bonchev–Trinajstić information content (AvgIpc) is 3.01. The Kier molecular flexibility index (Phi) is 18.6. The van der Waals surface area contributed by atoms with E-state index in [1.165, 1.54) is 61.4 Å². The number of unbranched alkanes of at least 4 members (excludes halogenated alkanes) is 4. The molecule has 0 heterocycles. The molecule has 4 aromatic rings. The molecule has 0 unspecified atom stereocenters. The van der Waals surface area contributed by atoms with Gasteiger partial charge in [0.05, 0.1) is 0 Å². The van der Waals surface area contributed by atoms with Crippen molar-refractivity contribution in [2.24, 2.45) is 0 Å². The van der Waals surface area contributed by atoms with Crippen molar-refractivity contribution in [3.63, 3.8) is 0 Å². The third-order valence-corrected chi connectivity index (χ3v) is 9.07. The van der Waals surface area contributed by atoms with Crippen LogP contribution < -0.4 is 10.2 Å². The molecule has 0 saturated carbocycles. The van der Waals surface area contributed by atoms with E-state index in [4.69, 9.17) is 10.2 Å². The number of phenolic OH excluding ortho intramolecular Hbond substituents is 2. The first-order chi connectivity index (χ1) is 21.4. The molecule has 0 aliphatic carbocycles. The standard InChI is InChI=1S/C28H42O2S.2C6H6O.Ni/c1-7-9-11-17-27(3,4)21-13-15-23(29)25(19-21)31-26-20-22(14-16-24(26)30)28(5,6)18-12-10-8-2;2*7-6-4-2-1-3-5-6;/h13-16,19-20,29-30H,7-12,17-18H2,1-6H3;2*1-5,7H;/q;;;+2/p-2. The molecule has 6 heteroatoms. The molecular weight excluding hydrogens is 635 g/mol. The zero-order valence-corrected chi connectivity index (χ0v) is 30.1. The van der Waals surface area contributed by atoms with E-state index >= 15 is 0 Å². The monoisotopic (exact) mass is 686 g/mol. The second-order valence-corrected chi connectivity index (χ2v) is 13.9. The van der Waals surface area contributed by atoms with Gasteiger partial charge in [-0.3, -0.25) is 0 Å². The van der Waals surface area contributed by atoms with Crippen LogP contribution in [0.1, 0.15) is 104 Å². The van der Waals surface area contributed by atoms with Crippen LogP contribution in [0.2, 0.25) is 0 Å². The molecule has 0 bridgehead atoms. The Morgan fingerprint density at radius 1 is 0.543 bits per heavy atom. The SMILES string of the molecule is CCCCCC(C)(C)c1ccc([O-])c(Sc2cc(C(C)(C)CCCCC)ccc2[O-])c1.Oc1ccccc1.Oc1ccccc1.[Ni+2]. The summed E-state index contributed by atoms with van der Waals surface area (Å²) in [6.45, 7) is 13.4. The van der Waals surface area contributed by atoms with Gasteiger partial charge in [0.25, 0.3) is 0 Å². The van der Waals surface area contributed by atoms with Gasteiger partial charge >= 0.3 is 16.5 Å². The normalized spacial score (nSPS) is 10.9. The average molecular weight is 688 g/mol. The van der Waals surface area contributed by atoms with Crippen molar-refractivity contribution in [2.45, 2.75) is 114 Å². The summed E-state index contributed by atoms with van der Waals surface area (Å²) in [4.78, 5) is 1.30. The Bertz CT molecular complexity index is 1280. The number of para-hydroxylation sites is 2. The van der Waals surface area contributed by atoms with Crippen LogP contribution in [0, 0.1) is 0 Å². The van der Waals surface area contributed by atoms with Crippen molar-refractivity contribution in [3.8, 4) is 23.0 Å². The Labute approximate surface area is 292 Å². The Morgan fingerprint density at radius 2 is 0.891 bits per heavy atom. The third-order valence-electron chi connectivity index (χ3n) is 7.99. The van der Waals surface area contributed by atoms with E-state index < -0.39 is 0 Å². The molecule has 0 radical (unpaired) electrons. The maximum absolute atomic E-state index is 12.6. The van der Waals surface area contributed by atoms with Crippen LogP contribution in [-0.2, 0) is 27.3 Å². The van der Waals surface area contributed by atoms with Gasteiger partial charge in [-0.2, -0.15) is 0 Å². The molecule has 0 atom stereocenters. The van der Waals surface area contributed by atoms with Crippen LogP contribution in [0.25, 0.3) is 0 Å². The minimum atomic E-state index is -0.00915. The molecule has 0 spiro atoms. The fourth-order valence-corrected chi connectivity index (χ4v) is 5.86. The van der Waals surface area contributed by atoms with Crippen molar-refractivity contribution in [1.82, 2.24) is 0 Å². The predicted octanol–water partition coefficient (Wildman–Crippen LogP) is 10.5. The molecule has 0 saturated heterocycles. The van der Waals surface area contributed by atoms with E-state index in [-0.39, 0.29) is 38.8 Å². The van der Waals surface area contributed by atoms with E-state index in [1.807, 2.05) is 36.4 Å². The van der Waals surface area contributed by atoms with Crippen molar-refractivity contribution in [3.05, 3.63) is 108 Å². The summed E-state index contributed by atoms with van der Waals surface area (Å²) in [5, 5.41) is 42.5. The molecule has 4 nitrogen and oxygen atoms in total. The second-order valence-electron chi connectivity index (χ2n) is 12.8. The number of rotatable bonds is 12. The summed E-state index contributed by atoms with van der Waals surface area (Å²) >= 11 is 1.33. The van der Waals surface area contributed by atoms with Crippen LogP contribution in [0.3, 0.4) is 0 Å². The Hall–Kier alpha value is -3.08. The van der Waals surface area contributed by atoms with E-state index in [0.29, 0.717) is 21.3 Å². The van der Waals surface area contributed by atoms with E-state index in [2.05, 4.69) is 41.5 Å². The first-order valence-electron chi connectivity index (χ1n) is 16.2. The Morgan fingerprint density at radius 3 is 1.17 bits per heavy atom. The molecule has 4 aromatic carbocycles. The van der Waals surface area contributed by atoms with Crippen molar-refractivity contribution < 1.29 is 36.9 Å². The smallest absolute Gasteiger partial charge is 0.872 e. The molecular formula is C40H52NiO4S. The quantitative estimate of drug-likeness (QED) is 0.114. The maximum Gasteiger partial charge on any atom is 2.00 e. The topological polar surface area (TPSA) is 86.6 Å². The van der Waals surface area contributed by atoms with E-state index in [9.17, 15) is 10.2 Å². The second kappa shape index (κ2) is 20.9. The summed E-state index contributed by atoms with van der Waals surface area (Å²) in [5.74, 6) is 0.625. The number of benzene rings is 4. The van der Waals surface area contributed by atoms with Gasteiger partial charge in [0.2, 0.25) is 0 Å². The van der Waals surface area contributed by atoms with Crippen LogP contribution >= 0.6 is 11.8 Å². The Balaban J connectivity index is 0.000000573. The molecule has 0 aromatic heterocycles. The third kappa shape index (κ3) is 14.6. The van der Waals surface area contributed by atoms with Crippen LogP contribution in [0.5, 0.6) is 23.0 Å². The van der Waals surface area contributed by atoms with Crippen LogP contribution in [0.4, 0.5) is 0 Å². The van der Waals surface area contributed by atoms with Gasteiger partial charge in [0.1, 0.15) is 11.5 Å². The minimum Gasteiger partial charge on any atom is -0.872 e. The molecule has 4 rings (SSSR count). The molecule has 0 aliphatic heterocycles. The van der Waals surface area contributed by atoms with E-state index in [0.717, 1.165) is 12.8 Å². The summed E-state index contributed by atoms with van der Waals surface area (Å²) in [6, 6.07) is 28.7. The predicted molar refractivity (Wildman–Crippen MR) is 186 cm³/mol. The summed E-state index contributed by atoms with van der Waals surface area (Å²) in [5.41, 5.74) is 2.38. The van der Waals surface area contributed by atoms with Gasteiger partial charge in [0, 0.05) is 9.79 Å². The van der Waals surface area contributed by atoms with Gasteiger partial charge in [0.15, 0.2) is 0 Å². The van der Waals surface area contributed by atoms with Crippen molar-refractivity contribution in [1.29, 1.82) is 0 Å². The molecule has 0 amide bonds. The minimum absolute atomic E-state index is 0.